The Kier molecular flexibility index (Phi) is 3.70. The van der Waals surface area contributed by atoms with Gasteiger partial charge in [0.2, 0.25) is 11.2 Å². The van der Waals surface area contributed by atoms with Crippen molar-refractivity contribution < 1.29 is 15.0 Å². The Morgan fingerprint density at radius 1 is 1.56 bits per heavy atom. The fraction of sp³-hybridized carbons (Fsp3) is 0.667. The molecule has 0 aromatic heterocycles. The number of nitrogens with zero attached hydrogens (tertiary/aromatic N) is 4. The second-order valence-electron chi connectivity index (χ2n) is 3.86. The third-order valence-electron chi connectivity index (χ3n) is 2.71. The SMILES string of the molecule is C=CC(=O)N1CC(C)N(/[N+]([O-])=N\O)CC1C. The van der Waals surface area contributed by atoms with Gasteiger partial charge in [0.1, 0.15) is 6.04 Å². The first-order valence-electron chi connectivity index (χ1n) is 5.03. The van der Waals surface area contributed by atoms with E-state index in [2.05, 4.69) is 11.9 Å². The van der Waals surface area contributed by atoms with E-state index in [0.29, 0.717) is 13.1 Å². The molecule has 2 unspecified atom stereocenters. The molecule has 1 fully saturated rings. The van der Waals surface area contributed by atoms with Gasteiger partial charge in [-0.2, -0.15) is 0 Å². The summed E-state index contributed by atoms with van der Waals surface area (Å²) < 4.78 is 0. The Hall–Kier alpha value is -1.79. The van der Waals surface area contributed by atoms with Gasteiger partial charge in [-0.3, -0.25) is 4.79 Å². The van der Waals surface area contributed by atoms with E-state index in [4.69, 9.17) is 5.21 Å². The van der Waals surface area contributed by atoms with Crippen molar-refractivity contribution in [1.82, 2.24) is 9.91 Å². The van der Waals surface area contributed by atoms with Crippen LogP contribution in [0.25, 0.3) is 0 Å². The number of hydrazine groups is 1. The van der Waals surface area contributed by atoms with Crippen LogP contribution in [0.15, 0.2) is 17.9 Å². The van der Waals surface area contributed by atoms with Crippen LogP contribution in [0.3, 0.4) is 0 Å². The topological polar surface area (TPSA) is 82.2 Å². The predicted octanol–water partition coefficient (Wildman–Crippen LogP) is 0.360. The average Bonchev–Trinajstić information content (AvgIpc) is 2.29. The second kappa shape index (κ2) is 4.82. The summed E-state index contributed by atoms with van der Waals surface area (Å²) in [7, 11) is 0. The molecule has 7 nitrogen and oxygen atoms in total. The molecule has 7 heteroatoms. The fourth-order valence-corrected chi connectivity index (χ4v) is 1.82. The van der Waals surface area contributed by atoms with Crippen molar-refractivity contribution in [3.05, 3.63) is 17.9 Å². The molecule has 0 aliphatic carbocycles. The Morgan fingerprint density at radius 3 is 2.69 bits per heavy atom. The van der Waals surface area contributed by atoms with Gasteiger partial charge in [-0.05, 0) is 19.9 Å². The Bertz CT molecular complexity index is 304. The van der Waals surface area contributed by atoms with Crippen molar-refractivity contribution in [3.63, 3.8) is 0 Å². The Labute approximate surface area is 93.8 Å². The largest absolute Gasteiger partial charge is 0.569 e. The van der Waals surface area contributed by atoms with Crippen LogP contribution in [-0.4, -0.2) is 51.2 Å². The van der Waals surface area contributed by atoms with Crippen molar-refractivity contribution >= 4 is 5.91 Å². The summed E-state index contributed by atoms with van der Waals surface area (Å²) in [6.07, 6.45) is 1.25. The van der Waals surface area contributed by atoms with Crippen LogP contribution in [0.4, 0.5) is 0 Å². The fourth-order valence-electron chi connectivity index (χ4n) is 1.82. The molecule has 1 rings (SSSR count). The molecule has 90 valence electrons. The number of hydrogen-bond donors (Lipinski definition) is 1. The minimum absolute atomic E-state index is 0.125. The highest BCUT2D eigenvalue weighted by Gasteiger charge is 2.35. The predicted molar refractivity (Wildman–Crippen MR) is 55.4 cm³/mol. The van der Waals surface area contributed by atoms with Gasteiger partial charge in [-0.25, -0.2) is 0 Å². The van der Waals surface area contributed by atoms with Crippen LogP contribution < -0.4 is 0 Å². The highest BCUT2D eigenvalue weighted by atomic mass is 16.6. The first kappa shape index (κ1) is 12.3. The molecule has 0 aromatic carbocycles. The smallest absolute Gasteiger partial charge is 0.246 e. The zero-order valence-electron chi connectivity index (χ0n) is 9.41. The van der Waals surface area contributed by atoms with E-state index in [0.717, 1.165) is 0 Å². The van der Waals surface area contributed by atoms with Gasteiger partial charge >= 0.3 is 0 Å². The molecule has 0 saturated carbocycles. The highest BCUT2D eigenvalue weighted by molar-refractivity contribution is 5.87. The monoisotopic (exact) mass is 228 g/mol. The number of hydrogen-bond acceptors (Lipinski definition) is 3. The van der Waals surface area contributed by atoms with Crippen molar-refractivity contribution in [3.8, 4) is 0 Å². The van der Waals surface area contributed by atoms with Gasteiger partial charge < -0.3 is 15.3 Å². The summed E-state index contributed by atoms with van der Waals surface area (Å²) in [5.74, 6) is -0.155. The van der Waals surface area contributed by atoms with Crippen LogP contribution >= 0.6 is 0 Å². The normalized spacial score (nSPS) is 26.8. The van der Waals surface area contributed by atoms with Crippen LogP contribution in [0.1, 0.15) is 13.8 Å². The molecule has 0 bridgehead atoms. The lowest BCUT2D eigenvalue weighted by Crippen LogP contribution is -2.59. The molecule has 0 aromatic rings. The van der Waals surface area contributed by atoms with Crippen LogP contribution in [0.2, 0.25) is 0 Å². The zero-order valence-corrected chi connectivity index (χ0v) is 9.41. The maximum absolute atomic E-state index is 11.5. The van der Waals surface area contributed by atoms with E-state index in [-0.39, 0.29) is 23.0 Å². The lowest BCUT2D eigenvalue weighted by Gasteiger charge is -2.40. The number of carbonyl (C=O) groups is 1. The van der Waals surface area contributed by atoms with Crippen LogP contribution in [-0.2, 0) is 4.79 Å². The van der Waals surface area contributed by atoms with E-state index < -0.39 is 0 Å². The quantitative estimate of drug-likeness (QED) is 0.320. The lowest BCUT2D eigenvalue weighted by molar-refractivity contribution is -0.719. The number of rotatable bonds is 2. The average molecular weight is 228 g/mol. The van der Waals surface area contributed by atoms with Gasteiger partial charge in [0.05, 0.1) is 17.6 Å². The van der Waals surface area contributed by atoms with Gasteiger partial charge in [0.15, 0.2) is 0 Å². The summed E-state index contributed by atoms with van der Waals surface area (Å²) in [5, 5.41) is 23.5. The minimum Gasteiger partial charge on any atom is -0.569 e. The zero-order chi connectivity index (χ0) is 12.3. The number of carbonyl (C=O) groups excluding carboxylic acids is 1. The van der Waals surface area contributed by atoms with E-state index in [1.54, 1.807) is 11.8 Å². The summed E-state index contributed by atoms with van der Waals surface area (Å²) in [5.41, 5.74) is 0. The van der Waals surface area contributed by atoms with E-state index in [9.17, 15) is 10.0 Å². The highest BCUT2D eigenvalue weighted by Crippen LogP contribution is 2.15. The number of piperazine rings is 1. The molecule has 1 saturated heterocycles. The van der Waals surface area contributed by atoms with Crippen molar-refractivity contribution in [1.29, 1.82) is 0 Å². The molecule has 1 heterocycles. The maximum Gasteiger partial charge on any atom is 0.246 e. The molecule has 2 atom stereocenters. The third-order valence-corrected chi connectivity index (χ3v) is 2.71. The van der Waals surface area contributed by atoms with E-state index >= 15 is 0 Å². The molecular weight excluding hydrogens is 212 g/mol. The first-order chi connectivity index (χ1) is 7.51. The molecule has 1 aliphatic rings. The Balaban J connectivity index is 2.78. The number of amides is 1. The standard InChI is InChI=1S/C9H16N4O3/c1-4-9(14)11-5-8(3)12(6-7(11)2)13(16)10-15/h4,7-8,15H,1,5-6H2,2-3H3/b13-10+. The van der Waals surface area contributed by atoms with Crippen molar-refractivity contribution in [2.45, 2.75) is 25.9 Å². The first-order valence-corrected chi connectivity index (χ1v) is 5.03. The summed E-state index contributed by atoms with van der Waals surface area (Å²) in [4.78, 5) is 13.3. The van der Waals surface area contributed by atoms with Gasteiger partial charge in [-0.15, -0.1) is 5.01 Å². The van der Waals surface area contributed by atoms with Gasteiger partial charge in [-0.1, -0.05) is 6.58 Å². The van der Waals surface area contributed by atoms with Crippen LogP contribution in [0.5, 0.6) is 0 Å². The van der Waals surface area contributed by atoms with E-state index in [1.807, 2.05) is 6.92 Å². The van der Waals surface area contributed by atoms with Crippen molar-refractivity contribution in [2.24, 2.45) is 5.28 Å². The summed E-state index contributed by atoms with van der Waals surface area (Å²) in [6.45, 7) is 7.77. The summed E-state index contributed by atoms with van der Waals surface area (Å²) in [6, 6.07) is -0.326. The maximum atomic E-state index is 11.5. The summed E-state index contributed by atoms with van der Waals surface area (Å²) >= 11 is 0. The molecule has 1 amide bonds. The Morgan fingerprint density at radius 2 is 2.19 bits per heavy atom. The molecular formula is C9H16N4O3. The molecule has 0 spiro atoms. The van der Waals surface area contributed by atoms with Gasteiger partial charge in [0.25, 0.3) is 0 Å². The van der Waals surface area contributed by atoms with Gasteiger partial charge in [0, 0.05) is 6.54 Å². The molecule has 1 N–H and O–H groups in total. The lowest BCUT2D eigenvalue weighted by atomic mass is 10.1. The van der Waals surface area contributed by atoms with Crippen LogP contribution in [0, 0.1) is 5.21 Å². The van der Waals surface area contributed by atoms with Crippen molar-refractivity contribution in [2.75, 3.05) is 13.1 Å². The minimum atomic E-state index is -0.200. The molecule has 1 aliphatic heterocycles. The molecule has 0 radical (unpaired) electrons. The van der Waals surface area contributed by atoms with E-state index in [1.165, 1.54) is 11.1 Å². The molecule has 16 heavy (non-hydrogen) atoms. The third kappa shape index (κ3) is 2.23. The second-order valence-corrected chi connectivity index (χ2v) is 3.86.